The van der Waals surface area contributed by atoms with Gasteiger partial charge >= 0.3 is 5.97 Å². The van der Waals surface area contributed by atoms with Crippen LogP contribution in [-0.4, -0.2) is 31.6 Å². The van der Waals surface area contributed by atoms with Crippen LogP contribution in [0.3, 0.4) is 0 Å². The number of rotatable bonds is 5. The van der Waals surface area contributed by atoms with Crippen LogP contribution in [0.1, 0.15) is 32.1 Å². The van der Waals surface area contributed by atoms with Gasteiger partial charge in [-0.2, -0.15) is 0 Å². The third-order valence-corrected chi connectivity index (χ3v) is 4.29. The summed E-state index contributed by atoms with van der Waals surface area (Å²) < 4.78 is 4.71. The molecule has 1 aromatic carbocycles. The predicted molar refractivity (Wildman–Crippen MR) is 85.4 cm³/mol. The molecule has 1 aromatic rings. The van der Waals surface area contributed by atoms with Crippen molar-refractivity contribution in [1.82, 2.24) is 0 Å². The van der Waals surface area contributed by atoms with Crippen LogP contribution in [0, 0.1) is 5.92 Å². The SMILES string of the molecule is COC(=O)CN(C(=O)CC1CCCC[C@@H]1N)c1ccccc1. The average Bonchev–Trinajstić information content (AvgIpc) is 2.55. The van der Waals surface area contributed by atoms with Crippen molar-refractivity contribution < 1.29 is 14.3 Å². The lowest BCUT2D eigenvalue weighted by molar-refractivity contribution is -0.140. The quantitative estimate of drug-likeness (QED) is 0.846. The first-order valence-corrected chi connectivity index (χ1v) is 7.79. The fraction of sp³-hybridized carbons (Fsp3) is 0.529. The second-order valence-corrected chi connectivity index (χ2v) is 5.80. The number of hydrogen-bond acceptors (Lipinski definition) is 4. The molecule has 1 aliphatic rings. The Morgan fingerprint density at radius 3 is 2.55 bits per heavy atom. The van der Waals surface area contributed by atoms with E-state index in [1.54, 1.807) is 0 Å². The van der Waals surface area contributed by atoms with E-state index in [9.17, 15) is 9.59 Å². The Kier molecular flexibility index (Phi) is 5.95. The van der Waals surface area contributed by atoms with Gasteiger partial charge in [0.05, 0.1) is 7.11 Å². The summed E-state index contributed by atoms with van der Waals surface area (Å²) in [5.74, 6) is -0.297. The Morgan fingerprint density at radius 1 is 1.23 bits per heavy atom. The highest BCUT2D eigenvalue weighted by molar-refractivity contribution is 5.97. The van der Waals surface area contributed by atoms with Gasteiger partial charge in [-0.05, 0) is 30.9 Å². The first kappa shape index (κ1) is 16.5. The fourth-order valence-corrected chi connectivity index (χ4v) is 2.95. The summed E-state index contributed by atoms with van der Waals surface area (Å²) in [6.07, 6.45) is 4.59. The minimum Gasteiger partial charge on any atom is -0.468 e. The van der Waals surface area contributed by atoms with Crippen LogP contribution < -0.4 is 10.6 Å². The minimum atomic E-state index is -0.426. The number of hydrogen-bond donors (Lipinski definition) is 1. The standard InChI is InChI=1S/C17H24N2O3/c1-22-17(21)12-19(14-8-3-2-4-9-14)16(20)11-13-7-5-6-10-15(13)18/h2-4,8-9,13,15H,5-7,10-12,18H2,1H3/t13?,15-/m0/s1. The maximum Gasteiger partial charge on any atom is 0.325 e. The highest BCUT2D eigenvalue weighted by Gasteiger charge is 2.28. The molecule has 120 valence electrons. The van der Waals surface area contributed by atoms with Gasteiger partial charge in [0.15, 0.2) is 0 Å². The van der Waals surface area contributed by atoms with E-state index in [-0.39, 0.29) is 24.4 Å². The molecule has 1 unspecified atom stereocenters. The molecule has 22 heavy (non-hydrogen) atoms. The number of nitrogens with two attached hydrogens (primary N) is 1. The number of carbonyl (C=O) groups excluding carboxylic acids is 2. The molecule has 5 heteroatoms. The molecule has 1 amide bonds. The van der Waals surface area contributed by atoms with E-state index >= 15 is 0 Å². The molecule has 2 N–H and O–H groups in total. The normalized spacial score (nSPS) is 21.2. The molecular weight excluding hydrogens is 280 g/mol. The molecule has 0 bridgehead atoms. The number of para-hydroxylation sites is 1. The number of anilines is 1. The topological polar surface area (TPSA) is 72.6 Å². The largest absolute Gasteiger partial charge is 0.468 e. The zero-order valence-electron chi connectivity index (χ0n) is 13.0. The zero-order chi connectivity index (χ0) is 15.9. The molecule has 0 saturated heterocycles. The molecule has 5 nitrogen and oxygen atoms in total. The minimum absolute atomic E-state index is 0.0682. The Bertz CT molecular complexity index is 504. The molecule has 1 fully saturated rings. The number of methoxy groups -OCH3 is 1. The third kappa shape index (κ3) is 4.31. The summed E-state index contributed by atoms with van der Waals surface area (Å²) in [6, 6.07) is 9.29. The van der Waals surface area contributed by atoms with Crippen LogP contribution in [-0.2, 0) is 14.3 Å². The number of amides is 1. The van der Waals surface area contributed by atoms with E-state index in [1.807, 2.05) is 30.3 Å². The van der Waals surface area contributed by atoms with E-state index in [4.69, 9.17) is 10.5 Å². The van der Waals surface area contributed by atoms with Crippen molar-refractivity contribution in [2.45, 2.75) is 38.1 Å². The van der Waals surface area contributed by atoms with E-state index in [1.165, 1.54) is 12.0 Å². The monoisotopic (exact) mass is 304 g/mol. The highest BCUT2D eigenvalue weighted by Crippen LogP contribution is 2.27. The van der Waals surface area contributed by atoms with Crippen molar-refractivity contribution in [1.29, 1.82) is 0 Å². The van der Waals surface area contributed by atoms with Gasteiger partial charge in [0, 0.05) is 18.2 Å². The fourth-order valence-electron chi connectivity index (χ4n) is 2.95. The number of esters is 1. The van der Waals surface area contributed by atoms with Gasteiger partial charge in [0.25, 0.3) is 0 Å². The van der Waals surface area contributed by atoms with Gasteiger partial charge in [-0.3, -0.25) is 9.59 Å². The molecule has 0 heterocycles. The summed E-state index contributed by atoms with van der Waals surface area (Å²) in [5.41, 5.74) is 6.84. The molecule has 0 radical (unpaired) electrons. The first-order valence-electron chi connectivity index (χ1n) is 7.79. The zero-order valence-corrected chi connectivity index (χ0v) is 13.0. The summed E-state index contributed by atoms with van der Waals surface area (Å²) >= 11 is 0. The second kappa shape index (κ2) is 7.94. The third-order valence-electron chi connectivity index (χ3n) is 4.29. The number of nitrogens with zero attached hydrogens (tertiary/aromatic N) is 1. The lowest BCUT2D eigenvalue weighted by Crippen LogP contribution is -2.41. The van der Waals surface area contributed by atoms with Gasteiger partial charge in [-0.25, -0.2) is 0 Å². The van der Waals surface area contributed by atoms with Crippen molar-refractivity contribution in [2.75, 3.05) is 18.6 Å². The van der Waals surface area contributed by atoms with Gasteiger partial charge in [-0.1, -0.05) is 31.0 Å². The van der Waals surface area contributed by atoms with Crippen molar-refractivity contribution in [3.63, 3.8) is 0 Å². The van der Waals surface area contributed by atoms with Gasteiger partial charge in [0.1, 0.15) is 6.54 Å². The number of carbonyl (C=O) groups is 2. The summed E-state index contributed by atoms with van der Waals surface area (Å²) in [7, 11) is 1.33. The Labute approximate surface area is 131 Å². The smallest absolute Gasteiger partial charge is 0.325 e. The summed E-state index contributed by atoms with van der Waals surface area (Å²) in [6.45, 7) is -0.0682. The summed E-state index contributed by atoms with van der Waals surface area (Å²) in [4.78, 5) is 25.8. The van der Waals surface area contributed by atoms with Crippen LogP contribution in [0.5, 0.6) is 0 Å². The van der Waals surface area contributed by atoms with Crippen molar-refractivity contribution >= 4 is 17.6 Å². The van der Waals surface area contributed by atoms with Gasteiger partial charge in [0.2, 0.25) is 5.91 Å². The molecule has 0 aliphatic heterocycles. The lowest BCUT2D eigenvalue weighted by atomic mass is 9.82. The maximum atomic E-state index is 12.7. The van der Waals surface area contributed by atoms with Gasteiger partial charge in [-0.15, -0.1) is 0 Å². The molecular formula is C17H24N2O3. The van der Waals surface area contributed by atoms with Crippen LogP contribution in [0.15, 0.2) is 30.3 Å². The average molecular weight is 304 g/mol. The van der Waals surface area contributed by atoms with Crippen LogP contribution in [0.2, 0.25) is 0 Å². The van der Waals surface area contributed by atoms with Gasteiger partial charge < -0.3 is 15.4 Å². The van der Waals surface area contributed by atoms with E-state index in [2.05, 4.69) is 0 Å². The highest BCUT2D eigenvalue weighted by atomic mass is 16.5. The molecule has 0 spiro atoms. The summed E-state index contributed by atoms with van der Waals surface area (Å²) in [5, 5.41) is 0. The number of benzene rings is 1. The van der Waals surface area contributed by atoms with Crippen molar-refractivity contribution in [3.05, 3.63) is 30.3 Å². The first-order chi connectivity index (χ1) is 10.6. The predicted octanol–water partition coefficient (Wildman–Crippen LogP) is 2.10. The Balaban J connectivity index is 2.10. The van der Waals surface area contributed by atoms with E-state index in [0.29, 0.717) is 12.1 Å². The molecule has 2 rings (SSSR count). The van der Waals surface area contributed by atoms with Crippen molar-refractivity contribution in [3.8, 4) is 0 Å². The van der Waals surface area contributed by atoms with Crippen molar-refractivity contribution in [2.24, 2.45) is 11.7 Å². The van der Waals surface area contributed by atoms with E-state index < -0.39 is 5.97 Å². The maximum absolute atomic E-state index is 12.7. The number of ether oxygens (including phenoxy) is 1. The molecule has 0 aromatic heterocycles. The second-order valence-electron chi connectivity index (χ2n) is 5.80. The van der Waals surface area contributed by atoms with Crippen LogP contribution >= 0.6 is 0 Å². The Morgan fingerprint density at radius 2 is 1.91 bits per heavy atom. The van der Waals surface area contributed by atoms with Crippen LogP contribution in [0.4, 0.5) is 5.69 Å². The molecule has 2 atom stereocenters. The molecule has 1 aliphatic carbocycles. The lowest BCUT2D eigenvalue weighted by Gasteiger charge is -2.30. The molecule has 1 saturated carbocycles. The van der Waals surface area contributed by atoms with E-state index in [0.717, 1.165) is 25.7 Å². The Hall–Kier alpha value is -1.88. The van der Waals surface area contributed by atoms with Crippen LogP contribution in [0.25, 0.3) is 0 Å².